The van der Waals surface area contributed by atoms with Crippen LogP contribution in [-0.4, -0.2) is 12.2 Å². The fraction of sp³-hybridized carbons (Fsp3) is 0.556. The first kappa shape index (κ1) is 8.97. The number of aliphatic imine (C=N–C) groups is 2. The normalized spacial score (nSPS) is 25.0. The van der Waals surface area contributed by atoms with Gasteiger partial charge in [0.25, 0.3) is 0 Å². The number of amidine groups is 1. The van der Waals surface area contributed by atoms with Crippen LogP contribution in [-0.2, 0) is 0 Å². The van der Waals surface area contributed by atoms with E-state index < -0.39 is 0 Å². The van der Waals surface area contributed by atoms with Gasteiger partial charge in [-0.05, 0) is 25.7 Å². The van der Waals surface area contributed by atoms with Crippen LogP contribution in [0.1, 0.15) is 26.7 Å². The Kier molecular flexibility index (Phi) is 3.02. The van der Waals surface area contributed by atoms with E-state index in [-0.39, 0.29) is 0 Å². The van der Waals surface area contributed by atoms with E-state index in [0.717, 1.165) is 12.1 Å². The second-order valence-corrected chi connectivity index (χ2v) is 3.19. The second-order valence-electron chi connectivity index (χ2n) is 3.19. The molecule has 0 amide bonds. The van der Waals surface area contributed by atoms with Crippen LogP contribution in [0.25, 0.3) is 0 Å². The van der Waals surface area contributed by atoms with Crippen molar-refractivity contribution >= 4 is 12.2 Å². The van der Waals surface area contributed by atoms with Gasteiger partial charge in [0.2, 0.25) is 0 Å². The van der Waals surface area contributed by atoms with Gasteiger partial charge >= 0.3 is 0 Å². The van der Waals surface area contributed by atoms with Gasteiger partial charge < -0.3 is 5.73 Å². The van der Waals surface area contributed by atoms with Crippen molar-refractivity contribution in [1.29, 1.82) is 0 Å². The number of rotatable bonds is 2. The van der Waals surface area contributed by atoms with Gasteiger partial charge in [-0.3, -0.25) is 0 Å². The van der Waals surface area contributed by atoms with Gasteiger partial charge in [-0.2, -0.15) is 0 Å². The van der Waals surface area contributed by atoms with Gasteiger partial charge in [0.15, 0.2) is 0 Å². The lowest BCUT2D eigenvalue weighted by molar-refractivity contribution is 0.697. The van der Waals surface area contributed by atoms with Crippen LogP contribution in [0.5, 0.6) is 0 Å². The summed E-state index contributed by atoms with van der Waals surface area (Å²) in [5.74, 6) is 1.21. The van der Waals surface area contributed by atoms with Crippen LogP contribution in [0.4, 0.5) is 0 Å². The summed E-state index contributed by atoms with van der Waals surface area (Å²) in [6.07, 6.45) is 5.98. The van der Waals surface area contributed by atoms with E-state index >= 15 is 0 Å². The third-order valence-corrected chi connectivity index (χ3v) is 1.82. The summed E-state index contributed by atoms with van der Waals surface area (Å²) in [5.41, 5.74) is 6.48. The van der Waals surface area contributed by atoms with E-state index in [0.29, 0.717) is 11.8 Å². The Morgan fingerprint density at radius 1 is 1.75 bits per heavy atom. The maximum Gasteiger partial charge on any atom is 0.117 e. The first-order valence-corrected chi connectivity index (χ1v) is 4.21. The molecule has 0 radical (unpaired) electrons. The molecule has 1 atom stereocenters. The van der Waals surface area contributed by atoms with Crippen molar-refractivity contribution in [1.82, 2.24) is 0 Å². The van der Waals surface area contributed by atoms with E-state index in [1.54, 1.807) is 6.92 Å². The van der Waals surface area contributed by atoms with E-state index in [1.807, 2.05) is 0 Å². The minimum absolute atomic E-state index is 0.547. The molecule has 0 saturated carbocycles. The Morgan fingerprint density at radius 2 is 2.50 bits per heavy atom. The summed E-state index contributed by atoms with van der Waals surface area (Å²) in [4.78, 5) is 8.06. The second kappa shape index (κ2) is 4.04. The zero-order chi connectivity index (χ0) is 8.97. The van der Waals surface area contributed by atoms with Gasteiger partial charge in [-0.25, -0.2) is 9.98 Å². The van der Waals surface area contributed by atoms with Crippen molar-refractivity contribution in [3.8, 4) is 0 Å². The largest absolute Gasteiger partial charge is 0.387 e. The summed E-state index contributed by atoms with van der Waals surface area (Å²) < 4.78 is 0. The Morgan fingerprint density at radius 3 is 3.00 bits per heavy atom. The third-order valence-electron chi connectivity index (χ3n) is 1.82. The summed E-state index contributed by atoms with van der Waals surface area (Å²) >= 11 is 0. The highest BCUT2D eigenvalue weighted by Gasteiger charge is 2.09. The number of hydrogen-bond donors (Lipinski definition) is 1. The van der Waals surface area contributed by atoms with Crippen molar-refractivity contribution in [2.75, 3.05) is 0 Å². The fourth-order valence-electron chi connectivity index (χ4n) is 1.17. The molecule has 0 unspecified atom stereocenters. The maximum atomic E-state index is 5.34. The molecule has 3 nitrogen and oxygen atoms in total. The molecule has 0 aromatic heterocycles. The Balaban J connectivity index is 2.47. The monoisotopic (exact) mass is 165 g/mol. The molecule has 0 aromatic carbocycles. The van der Waals surface area contributed by atoms with E-state index in [2.05, 4.69) is 23.0 Å². The topological polar surface area (TPSA) is 50.7 Å². The summed E-state index contributed by atoms with van der Waals surface area (Å²) in [6.45, 7) is 3.94. The SMILES string of the molecule is C/C(N)=N\C=N/C1=C[C@H](C)CC1. The van der Waals surface area contributed by atoms with Gasteiger partial charge in [-0.15, -0.1) is 0 Å². The summed E-state index contributed by atoms with van der Waals surface area (Å²) in [7, 11) is 0. The molecule has 12 heavy (non-hydrogen) atoms. The smallest absolute Gasteiger partial charge is 0.117 e. The lowest BCUT2D eigenvalue weighted by atomic mass is 10.2. The molecule has 1 aliphatic carbocycles. The average molecular weight is 165 g/mol. The predicted octanol–water partition coefficient (Wildman–Crippen LogP) is 1.71. The Hall–Kier alpha value is -1.12. The lowest BCUT2D eigenvalue weighted by Gasteiger charge is -1.89. The Bertz CT molecular complexity index is 234. The van der Waals surface area contributed by atoms with E-state index in [1.165, 1.54) is 12.8 Å². The molecular weight excluding hydrogens is 150 g/mol. The minimum atomic E-state index is 0.547. The van der Waals surface area contributed by atoms with E-state index in [9.17, 15) is 0 Å². The van der Waals surface area contributed by atoms with Crippen LogP contribution in [0.15, 0.2) is 21.8 Å². The first-order chi connectivity index (χ1) is 5.68. The van der Waals surface area contributed by atoms with Gasteiger partial charge in [0.1, 0.15) is 6.34 Å². The molecule has 0 aliphatic heterocycles. The molecule has 66 valence electrons. The summed E-state index contributed by atoms with van der Waals surface area (Å²) in [5, 5.41) is 0. The number of hydrogen-bond acceptors (Lipinski definition) is 1. The number of nitrogens with zero attached hydrogens (tertiary/aromatic N) is 2. The predicted molar refractivity (Wildman–Crippen MR) is 52.3 cm³/mol. The van der Waals surface area contributed by atoms with Crippen LogP contribution in [0, 0.1) is 5.92 Å². The quantitative estimate of drug-likeness (QED) is 0.491. The van der Waals surface area contributed by atoms with E-state index in [4.69, 9.17) is 5.73 Å². The van der Waals surface area contributed by atoms with Crippen molar-refractivity contribution in [2.24, 2.45) is 21.6 Å². The Labute approximate surface area is 73.1 Å². The molecule has 1 aliphatic rings. The van der Waals surface area contributed by atoms with Crippen molar-refractivity contribution in [3.63, 3.8) is 0 Å². The number of allylic oxidation sites excluding steroid dienone is 2. The molecule has 0 aromatic rings. The van der Waals surface area contributed by atoms with Crippen LogP contribution >= 0.6 is 0 Å². The van der Waals surface area contributed by atoms with Crippen molar-refractivity contribution in [2.45, 2.75) is 26.7 Å². The van der Waals surface area contributed by atoms with Crippen LogP contribution in [0.3, 0.4) is 0 Å². The molecule has 1 rings (SSSR count). The molecule has 0 fully saturated rings. The molecular formula is C9H15N3. The zero-order valence-corrected chi connectivity index (χ0v) is 7.62. The molecule has 0 bridgehead atoms. The van der Waals surface area contributed by atoms with Crippen LogP contribution in [0.2, 0.25) is 0 Å². The first-order valence-electron chi connectivity index (χ1n) is 4.21. The fourth-order valence-corrected chi connectivity index (χ4v) is 1.17. The molecule has 0 heterocycles. The molecule has 0 spiro atoms. The van der Waals surface area contributed by atoms with Crippen LogP contribution < -0.4 is 5.73 Å². The highest BCUT2D eigenvalue weighted by Crippen LogP contribution is 2.23. The standard InChI is InChI=1S/C9H15N3/c1-7-3-4-9(5-7)12-6-11-8(2)10/h5-7H,3-4H2,1-2H3,(H2,10,11,12)/t7-/m1/s1. The van der Waals surface area contributed by atoms with Gasteiger partial charge in [-0.1, -0.05) is 13.0 Å². The van der Waals surface area contributed by atoms with Gasteiger partial charge in [0.05, 0.1) is 5.84 Å². The highest BCUT2D eigenvalue weighted by atomic mass is 14.9. The lowest BCUT2D eigenvalue weighted by Crippen LogP contribution is -2.04. The maximum absolute atomic E-state index is 5.34. The number of nitrogens with two attached hydrogens (primary N) is 1. The minimum Gasteiger partial charge on any atom is -0.387 e. The summed E-state index contributed by atoms with van der Waals surface area (Å²) in [6, 6.07) is 0. The van der Waals surface area contributed by atoms with Crippen molar-refractivity contribution in [3.05, 3.63) is 11.8 Å². The zero-order valence-electron chi connectivity index (χ0n) is 7.62. The average Bonchev–Trinajstić information content (AvgIpc) is 2.35. The highest BCUT2D eigenvalue weighted by molar-refractivity contribution is 5.85. The van der Waals surface area contributed by atoms with Gasteiger partial charge in [0, 0.05) is 5.70 Å². The molecule has 0 saturated heterocycles. The third kappa shape index (κ3) is 2.86. The molecule has 3 heteroatoms. The van der Waals surface area contributed by atoms with Crippen molar-refractivity contribution < 1.29 is 0 Å². The molecule has 2 N–H and O–H groups in total.